The fraction of sp³-hybridized carbons (Fsp3) is 0.308. The molecule has 0 unspecified atom stereocenters. The highest BCUT2D eigenvalue weighted by atomic mass is 32.2. The maximum absolute atomic E-state index is 13.2. The predicted octanol–water partition coefficient (Wildman–Crippen LogP) is 4.06. The maximum Gasteiger partial charge on any atom is 0.412 e. The number of esters is 1. The second kappa shape index (κ2) is 11.2. The van der Waals surface area contributed by atoms with Gasteiger partial charge in [0.15, 0.2) is 6.10 Å². The Balaban J connectivity index is 1.46. The molecule has 4 rings (SSSR count). The summed E-state index contributed by atoms with van der Waals surface area (Å²) in [5.74, 6) is -2.60. The molecule has 0 atom stereocenters. The van der Waals surface area contributed by atoms with Crippen molar-refractivity contribution in [3.8, 4) is 0 Å². The van der Waals surface area contributed by atoms with Crippen LogP contribution in [0.1, 0.15) is 50.8 Å². The number of carbonyl (C=O) groups excluding carboxylic acids is 2. The highest BCUT2D eigenvalue weighted by molar-refractivity contribution is 8.01. The minimum absolute atomic E-state index is 0.280. The molecule has 2 aromatic rings. The number of nitrogens with one attached hydrogen (secondary N) is 2. The number of alkyl carbamates (subject to hydrolysis) is 1. The number of carboxylic acids is 1. The third-order valence-electron chi connectivity index (χ3n) is 5.36. The number of carbonyl (C=O) groups is 3. The Kier molecular flexibility index (Phi) is 7.93. The predicted molar refractivity (Wildman–Crippen MR) is 139 cm³/mol. The van der Waals surface area contributed by atoms with Crippen LogP contribution in [0.3, 0.4) is 0 Å². The van der Waals surface area contributed by atoms with Gasteiger partial charge >= 0.3 is 18.0 Å². The number of nitrogens with zero attached hydrogens (tertiary/aromatic N) is 2. The SMILES string of the molecule is CC(C)(C)OC(=O)NC1=CN(/C(=N\OC2(C(=O)OC(c3ccccc3)c3ccccc3)CC2)C(=O)O)NS1. The molecule has 0 radical (unpaired) electrons. The lowest BCUT2D eigenvalue weighted by atomic mass is 10.0. The van der Waals surface area contributed by atoms with E-state index in [1.165, 1.54) is 6.20 Å². The van der Waals surface area contributed by atoms with Crippen LogP contribution in [0.25, 0.3) is 0 Å². The zero-order chi connectivity index (χ0) is 27.3. The van der Waals surface area contributed by atoms with Gasteiger partial charge in [-0.3, -0.25) is 5.32 Å². The van der Waals surface area contributed by atoms with Gasteiger partial charge in [-0.25, -0.2) is 19.4 Å². The molecule has 1 aliphatic carbocycles. The number of oxime groups is 1. The lowest BCUT2D eigenvalue weighted by Gasteiger charge is -2.22. The average molecular weight is 541 g/mol. The first kappa shape index (κ1) is 27.0. The number of carboxylic acid groups (broad SMARTS) is 1. The van der Waals surface area contributed by atoms with Gasteiger partial charge in [-0.05, 0) is 43.8 Å². The van der Waals surface area contributed by atoms with E-state index in [1.807, 2.05) is 60.7 Å². The number of benzene rings is 2. The number of aliphatic carboxylic acids is 1. The maximum atomic E-state index is 13.2. The van der Waals surface area contributed by atoms with Crippen molar-refractivity contribution in [3.05, 3.63) is 83.0 Å². The lowest BCUT2D eigenvalue weighted by molar-refractivity contribution is -0.165. The molecule has 11 nitrogen and oxygen atoms in total. The minimum Gasteiger partial charge on any atom is -0.475 e. The number of rotatable bonds is 7. The van der Waals surface area contributed by atoms with Crippen LogP contribution in [0.5, 0.6) is 0 Å². The Labute approximate surface area is 223 Å². The minimum atomic E-state index is -1.41. The van der Waals surface area contributed by atoms with E-state index in [0.29, 0.717) is 12.8 Å². The molecule has 1 aliphatic heterocycles. The number of ether oxygens (including phenoxy) is 2. The zero-order valence-corrected chi connectivity index (χ0v) is 21.9. The molecule has 12 heteroatoms. The number of amides is 1. The zero-order valence-electron chi connectivity index (χ0n) is 21.0. The smallest absolute Gasteiger partial charge is 0.412 e. The van der Waals surface area contributed by atoms with E-state index in [4.69, 9.17) is 14.3 Å². The van der Waals surface area contributed by atoms with E-state index in [1.54, 1.807) is 20.8 Å². The summed E-state index contributed by atoms with van der Waals surface area (Å²) in [5, 5.41) is 17.3. The molecule has 200 valence electrons. The van der Waals surface area contributed by atoms with Crippen molar-refractivity contribution < 1.29 is 33.8 Å². The van der Waals surface area contributed by atoms with Gasteiger partial charge in [0.1, 0.15) is 10.6 Å². The molecule has 0 saturated heterocycles. The van der Waals surface area contributed by atoms with Crippen molar-refractivity contribution in [3.63, 3.8) is 0 Å². The van der Waals surface area contributed by atoms with Crippen molar-refractivity contribution in [1.29, 1.82) is 0 Å². The van der Waals surface area contributed by atoms with Crippen molar-refractivity contribution >= 4 is 35.8 Å². The van der Waals surface area contributed by atoms with Gasteiger partial charge in [0, 0.05) is 12.8 Å². The van der Waals surface area contributed by atoms with Crippen LogP contribution in [0.2, 0.25) is 0 Å². The Morgan fingerprint density at radius 2 is 1.63 bits per heavy atom. The standard InChI is InChI=1S/C26H28N4O7S/c1-25(2,3)36-24(34)27-19-16-30(29-38-19)21(22(31)32)28-37-26(14-15-26)23(33)35-20(17-10-6-4-7-11-17)18-12-8-5-9-13-18/h4-13,16,20,29H,14-15H2,1-3H3,(H,27,34)(H,31,32)/b28-21-. The van der Waals surface area contributed by atoms with E-state index in [-0.39, 0.29) is 5.03 Å². The summed E-state index contributed by atoms with van der Waals surface area (Å²) in [6, 6.07) is 18.6. The first-order valence-corrected chi connectivity index (χ1v) is 12.6. The molecule has 1 saturated carbocycles. The summed E-state index contributed by atoms with van der Waals surface area (Å²) >= 11 is 0.943. The average Bonchev–Trinajstić information content (AvgIpc) is 3.53. The summed E-state index contributed by atoms with van der Waals surface area (Å²) in [6.07, 6.45) is 0.583. The lowest BCUT2D eigenvalue weighted by Crippen LogP contribution is -2.38. The van der Waals surface area contributed by atoms with Gasteiger partial charge in [0.2, 0.25) is 5.60 Å². The van der Waals surface area contributed by atoms with Crippen molar-refractivity contribution in [2.24, 2.45) is 5.16 Å². The monoisotopic (exact) mass is 540 g/mol. The molecule has 0 spiro atoms. The van der Waals surface area contributed by atoms with Crippen LogP contribution in [0.4, 0.5) is 4.79 Å². The second-order valence-corrected chi connectivity index (χ2v) is 10.4. The van der Waals surface area contributed by atoms with E-state index >= 15 is 0 Å². The Morgan fingerprint density at radius 3 is 2.13 bits per heavy atom. The number of hydrazine groups is 1. The summed E-state index contributed by atoms with van der Waals surface area (Å²) in [7, 11) is 0. The fourth-order valence-corrected chi connectivity index (χ4v) is 4.02. The molecule has 0 aromatic heterocycles. The fourth-order valence-electron chi connectivity index (χ4n) is 3.40. The van der Waals surface area contributed by atoms with Gasteiger partial charge in [-0.1, -0.05) is 65.8 Å². The Morgan fingerprint density at radius 1 is 1.05 bits per heavy atom. The molecule has 38 heavy (non-hydrogen) atoms. The van der Waals surface area contributed by atoms with E-state index in [9.17, 15) is 19.5 Å². The van der Waals surface area contributed by atoms with Crippen LogP contribution in [-0.4, -0.2) is 45.2 Å². The molecule has 2 aromatic carbocycles. The van der Waals surface area contributed by atoms with Crippen LogP contribution in [0.15, 0.2) is 77.0 Å². The molecule has 2 aliphatic rings. The van der Waals surface area contributed by atoms with Gasteiger partial charge in [-0.2, -0.15) is 4.83 Å². The van der Waals surface area contributed by atoms with Crippen LogP contribution in [0, 0.1) is 0 Å². The van der Waals surface area contributed by atoms with Gasteiger partial charge in [0.25, 0.3) is 5.84 Å². The normalized spacial score (nSPS) is 16.5. The van der Waals surface area contributed by atoms with Crippen LogP contribution >= 0.6 is 11.9 Å². The third kappa shape index (κ3) is 6.84. The number of hydrogen-bond acceptors (Lipinski definition) is 9. The molecule has 3 N–H and O–H groups in total. The van der Waals surface area contributed by atoms with E-state index in [0.717, 1.165) is 28.1 Å². The highest BCUT2D eigenvalue weighted by Crippen LogP contribution is 2.43. The second-order valence-electron chi connectivity index (χ2n) is 9.60. The molecule has 1 heterocycles. The summed E-state index contributed by atoms with van der Waals surface area (Å²) in [4.78, 5) is 45.3. The molecule has 0 bridgehead atoms. The Hall–Kier alpha value is -4.03. The van der Waals surface area contributed by atoms with Crippen molar-refractivity contribution in [2.45, 2.75) is 50.9 Å². The van der Waals surface area contributed by atoms with Crippen LogP contribution in [-0.2, 0) is 23.9 Å². The largest absolute Gasteiger partial charge is 0.475 e. The Bertz CT molecular complexity index is 1200. The summed E-state index contributed by atoms with van der Waals surface area (Å²) in [6.45, 7) is 5.17. The molecular weight excluding hydrogens is 512 g/mol. The van der Waals surface area contributed by atoms with Gasteiger partial charge < -0.3 is 19.4 Å². The number of amidine groups is 1. The van der Waals surface area contributed by atoms with Gasteiger partial charge in [0.05, 0.1) is 6.20 Å². The van der Waals surface area contributed by atoms with E-state index in [2.05, 4.69) is 15.3 Å². The summed E-state index contributed by atoms with van der Waals surface area (Å²) < 4.78 is 11.1. The molecule has 1 amide bonds. The first-order valence-electron chi connectivity index (χ1n) is 11.8. The third-order valence-corrected chi connectivity index (χ3v) is 6.07. The van der Waals surface area contributed by atoms with Gasteiger partial charge in [-0.15, -0.1) is 0 Å². The van der Waals surface area contributed by atoms with Crippen LogP contribution < -0.4 is 10.1 Å². The molecule has 1 fully saturated rings. The number of hydrogen-bond donors (Lipinski definition) is 3. The molecular formula is C26H28N4O7S. The first-order chi connectivity index (χ1) is 18.1. The van der Waals surface area contributed by atoms with Crippen molar-refractivity contribution in [2.75, 3.05) is 0 Å². The van der Waals surface area contributed by atoms with Crippen molar-refractivity contribution in [1.82, 2.24) is 15.2 Å². The quantitative estimate of drug-likeness (QED) is 0.155. The highest BCUT2D eigenvalue weighted by Gasteiger charge is 2.56. The summed E-state index contributed by atoms with van der Waals surface area (Å²) in [5.41, 5.74) is -0.524. The van der Waals surface area contributed by atoms with E-state index < -0.39 is 41.2 Å². The topological polar surface area (TPSA) is 139 Å².